The molecule has 1 N–H and O–H groups in total. The highest BCUT2D eigenvalue weighted by Crippen LogP contribution is 2.30. The molecule has 0 fully saturated rings. The van der Waals surface area contributed by atoms with Crippen molar-refractivity contribution in [1.82, 2.24) is 0 Å². The molecule has 102 valence electrons. The summed E-state index contributed by atoms with van der Waals surface area (Å²) in [4.78, 5) is 0. The molecule has 20 heavy (non-hydrogen) atoms. The molecule has 3 aromatic rings. The first kappa shape index (κ1) is 13.5. The van der Waals surface area contributed by atoms with Gasteiger partial charge in [-0.3, -0.25) is 0 Å². The van der Waals surface area contributed by atoms with Crippen LogP contribution in [0.5, 0.6) is 0 Å². The van der Waals surface area contributed by atoms with Crippen molar-refractivity contribution in [3.05, 3.63) is 63.3 Å². The molecule has 4 heteroatoms. The van der Waals surface area contributed by atoms with E-state index in [1.165, 1.54) is 5.56 Å². The summed E-state index contributed by atoms with van der Waals surface area (Å²) in [5.74, 6) is 0. The van der Waals surface area contributed by atoms with Crippen molar-refractivity contribution in [2.45, 2.75) is 13.5 Å². The smallest absolute Gasteiger partial charge is 0.199 e. The van der Waals surface area contributed by atoms with Gasteiger partial charge in [-0.25, -0.2) is 0 Å². The second-order valence-electron chi connectivity index (χ2n) is 4.66. The number of aryl methyl sites for hydroxylation is 1. The molecule has 2 aromatic carbocycles. The summed E-state index contributed by atoms with van der Waals surface area (Å²) in [6.07, 6.45) is 0. The van der Waals surface area contributed by atoms with Gasteiger partial charge in [0.15, 0.2) is 5.22 Å². The molecular weight excluding hydrogens is 338 g/mol. The first-order valence-electron chi connectivity index (χ1n) is 6.31. The minimum absolute atomic E-state index is 0.450. The molecule has 0 aliphatic carbocycles. The molecular formula is C16H13BrClNO. The summed E-state index contributed by atoms with van der Waals surface area (Å²) < 4.78 is 6.61. The highest BCUT2D eigenvalue weighted by atomic mass is 79.9. The maximum absolute atomic E-state index is 6.19. The molecule has 0 aliphatic rings. The van der Waals surface area contributed by atoms with Crippen LogP contribution in [0, 0.1) is 6.92 Å². The van der Waals surface area contributed by atoms with Gasteiger partial charge in [0, 0.05) is 27.7 Å². The van der Waals surface area contributed by atoms with Gasteiger partial charge in [-0.15, -0.1) is 0 Å². The highest BCUT2D eigenvalue weighted by molar-refractivity contribution is 9.10. The number of halogens is 2. The number of nitrogens with one attached hydrogen (secondary N) is 1. The average molecular weight is 351 g/mol. The van der Waals surface area contributed by atoms with Crippen molar-refractivity contribution in [3.63, 3.8) is 0 Å². The van der Waals surface area contributed by atoms with Gasteiger partial charge in [-0.05, 0) is 42.3 Å². The third-order valence-electron chi connectivity index (χ3n) is 3.30. The van der Waals surface area contributed by atoms with Gasteiger partial charge < -0.3 is 9.73 Å². The molecule has 0 bridgehead atoms. The van der Waals surface area contributed by atoms with E-state index in [1.807, 2.05) is 30.3 Å². The van der Waals surface area contributed by atoms with Crippen molar-refractivity contribution in [2.75, 3.05) is 5.32 Å². The Morgan fingerprint density at radius 3 is 2.85 bits per heavy atom. The number of hydrogen-bond donors (Lipinski definition) is 1. The molecule has 0 spiro atoms. The minimum atomic E-state index is 0.450. The van der Waals surface area contributed by atoms with Crippen LogP contribution in [0.15, 0.2) is 51.4 Å². The SMILES string of the molecule is Cc1ccc(Br)cc1NCc1c(Cl)oc2ccccc12. The maximum atomic E-state index is 6.19. The highest BCUT2D eigenvalue weighted by Gasteiger charge is 2.12. The van der Waals surface area contributed by atoms with E-state index in [0.29, 0.717) is 11.8 Å². The maximum Gasteiger partial charge on any atom is 0.199 e. The van der Waals surface area contributed by atoms with Gasteiger partial charge >= 0.3 is 0 Å². The summed E-state index contributed by atoms with van der Waals surface area (Å²) >= 11 is 9.67. The van der Waals surface area contributed by atoms with E-state index in [4.69, 9.17) is 16.0 Å². The van der Waals surface area contributed by atoms with E-state index >= 15 is 0 Å². The van der Waals surface area contributed by atoms with Gasteiger partial charge in [0.1, 0.15) is 5.58 Å². The Labute approximate surface area is 130 Å². The third-order valence-corrected chi connectivity index (χ3v) is 4.10. The quantitative estimate of drug-likeness (QED) is 0.648. The monoisotopic (exact) mass is 349 g/mol. The predicted molar refractivity (Wildman–Crippen MR) is 87.4 cm³/mol. The van der Waals surface area contributed by atoms with Crippen molar-refractivity contribution in [3.8, 4) is 0 Å². The average Bonchev–Trinajstić information content (AvgIpc) is 2.75. The topological polar surface area (TPSA) is 25.2 Å². The number of benzene rings is 2. The van der Waals surface area contributed by atoms with E-state index < -0.39 is 0 Å². The number of rotatable bonds is 3. The van der Waals surface area contributed by atoms with Crippen LogP contribution in [0.4, 0.5) is 5.69 Å². The second-order valence-corrected chi connectivity index (χ2v) is 5.92. The largest absolute Gasteiger partial charge is 0.444 e. The number of furan rings is 1. The van der Waals surface area contributed by atoms with Crippen LogP contribution in [-0.2, 0) is 6.54 Å². The number of fused-ring (bicyclic) bond motifs is 1. The van der Waals surface area contributed by atoms with Crippen molar-refractivity contribution < 1.29 is 4.42 Å². The fourth-order valence-corrected chi connectivity index (χ4v) is 2.81. The predicted octanol–water partition coefficient (Wildman–Crippen LogP) is 5.77. The molecule has 0 unspecified atom stereocenters. The molecule has 1 heterocycles. The van der Waals surface area contributed by atoms with Crippen molar-refractivity contribution in [1.29, 1.82) is 0 Å². The molecule has 0 atom stereocenters. The lowest BCUT2D eigenvalue weighted by Gasteiger charge is -2.09. The summed E-state index contributed by atoms with van der Waals surface area (Å²) in [7, 11) is 0. The van der Waals surface area contributed by atoms with Gasteiger partial charge in [0.25, 0.3) is 0 Å². The fraction of sp³-hybridized carbons (Fsp3) is 0.125. The van der Waals surface area contributed by atoms with Gasteiger partial charge in [0.05, 0.1) is 0 Å². The molecule has 0 radical (unpaired) electrons. The van der Waals surface area contributed by atoms with E-state index in [2.05, 4.69) is 40.3 Å². The number of para-hydroxylation sites is 1. The van der Waals surface area contributed by atoms with Crippen LogP contribution >= 0.6 is 27.5 Å². The molecule has 0 aliphatic heterocycles. The standard InChI is InChI=1S/C16H13BrClNO/c1-10-6-7-11(17)8-14(10)19-9-13-12-4-2-3-5-15(12)20-16(13)18/h2-8,19H,9H2,1H3. The zero-order chi connectivity index (χ0) is 14.1. The molecule has 0 amide bonds. The fourth-order valence-electron chi connectivity index (χ4n) is 2.20. The van der Waals surface area contributed by atoms with Crippen LogP contribution in [0.25, 0.3) is 11.0 Å². The Hall–Kier alpha value is -1.45. The van der Waals surface area contributed by atoms with Gasteiger partial charge in [-0.1, -0.05) is 40.2 Å². The normalized spacial score (nSPS) is 10.9. The Bertz CT molecular complexity index is 766. The lowest BCUT2D eigenvalue weighted by molar-refractivity contribution is 0.613. The Morgan fingerprint density at radius 1 is 1.20 bits per heavy atom. The zero-order valence-electron chi connectivity index (χ0n) is 10.9. The second kappa shape index (κ2) is 5.51. The number of hydrogen-bond acceptors (Lipinski definition) is 2. The summed E-state index contributed by atoms with van der Waals surface area (Å²) in [6.45, 7) is 2.71. The van der Waals surface area contributed by atoms with Gasteiger partial charge in [0.2, 0.25) is 0 Å². The lowest BCUT2D eigenvalue weighted by atomic mass is 10.1. The van der Waals surface area contributed by atoms with Crippen LogP contribution in [-0.4, -0.2) is 0 Å². The van der Waals surface area contributed by atoms with E-state index in [-0.39, 0.29) is 0 Å². The van der Waals surface area contributed by atoms with Crippen molar-refractivity contribution >= 4 is 44.2 Å². The van der Waals surface area contributed by atoms with E-state index in [9.17, 15) is 0 Å². The molecule has 3 rings (SSSR count). The third kappa shape index (κ3) is 2.56. The van der Waals surface area contributed by atoms with E-state index in [0.717, 1.165) is 26.7 Å². The Kier molecular flexibility index (Phi) is 3.72. The van der Waals surface area contributed by atoms with Crippen LogP contribution in [0.1, 0.15) is 11.1 Å². The Morgan fingerprint density at radius 2 is 2.00 bits per heavy atom. The molecule has 1 aromatic heterocycles. The van der Waals surface area contributed by atoms with Crippen LogP contribution in [0.3, 0.4) is 0 Å². The Balaban J connectivity index is 1.90. The summed E-state index contributed by atoms with van der Waals surface area (Å²) in [5, 5.41) is 4.92. The van der Waals surface area contributed by atoms with E-state index in [1.54, 1.807) is 0 Å². The first-order chi connectivity index (χ1) is 9.65. The number of anilines is 1. The minimum Gasteiger partial charge on any atom is -0.444 e. The molecule has 0 saturated carbocycles. The lowest BCUT2D eigenvalue weighted by Crippen LogP contribution is -2.00. The van der Waals surface area contributed by atoms with Crippen LogP contribution in [0.2, 0.25) is 5.22 Å². The first-order valence-corrected chi connectivity index (χ1v) is 7.48. The van der Waals surface area contributed by atoms with Gasteiger partial charge in [-0.2, -0.15) is 0 Å². The molecule has 0 saturated heterocycles. The van der Waals surface area contributed by atoms with Crippen LogP contribution < -0.4 is 5.32 Å². The zero-order valence-corrected chi connectivity index (χ0v) is 13.3. The van der Waals surface area contributed by atoms with Crippen molar-refractivity contribution in [2.24, 2.45) is 0 Å². The summed E-state index contributed by atoms with van der Waals surface area (Å²) in [5.41, 5.74) is 4.08. The summed E-state index contributed by atoms with van der Waals surface area (Å²) in [6, 6.07) is 14.0. The molecule has 2 nitrogen and oxygen atoms in total.